The Hall–Kier alpha value is -1.89. The number of aromatic nitrogens is 2. The van der Waals surface area contributed by atoms with E-state index in [9.17, 15) is 9.59 Å². The molecule has 0 radical (unpaired) electrons. The van der Waals surface area contributed by atoms with Crippen LogP contribution in [-0.2, 0) is 27.9 Å². The summed E-state index contributed by atoms with van der Waals surface area (Å²) in [5, 5.41) is 7.11. The van der Waals surface area contributed by atoms with E-state index in [2.05, 4.69) is 10.4 Å². The number of hydrogen-bond donors (Lipinski definition) is 1. The van der Waals surface area contributed by atoms with Crippen molar-refractivity contribution in [2.45, 2.75) is 45.2 Å². The third kappa shape index (κ3) is 3.72. The van der Waals surface area contributed by atoms with Crippen LogP contribution in [0, 0.1) is 6.92 Å². The molecule has 23 heavy (non-hydrogen) atoms. The SMILES string of the molecule is COC[C@]1(CC(=O)NCc2cnn(C)c2C)CCCN1C(C)=O. The van der Waals surface area contributed by atoms with E-state index in [1.807, 2.05) is 14.0 Å². The van der Waals surface area contributed by atoms with E-state index in [4.69, 9.17) is 4.74 Å². The Morgan fingerprint density at radius 2 is 2.22 bits per heavy atom. The Morgan fingerprint density at radius 1 is 1.48 bits per heavy atom. The first kappa shape index (κ1) is 17.5. The lowest BCUT2D eigenvalue weighted by Gasteiger charge is -2.37. The molecule has 0 unspecified atom stereocenters. The summed E-state index contributed by atoms with van der Waals surface area (Å²) >= 11 is 0. The van der Waals surface area contributed by atoms with Crippen LogP contribution in [0.15, 0.2) is 6.20 Å². The van der Waals surface area contributed by atoms with Crippen molar-refractivity contribution >= 4 is 11.8 Å². The number of likely N-dealkylation sites (tertiary alicyclic amines) is 1. The van der Waals surface area contributed by atoms with Crippen molar-refractivity contribution in [2.75, 3.05) is 20.3 Å². The van der Waals surface area contributed by atoms with Crippen LogP contribution < -0.4 is 5.32 Å². The molecule has 1 aromatic rings. The molecule has 0 saturated carbocycles. The molecule has 1 N–H and O–H groups in total. The molecule has 0 bridgehead atoms. The molecule has 128 valence electrons. The third-order valence-corrected chi connectivity index (χ3v) is 4.69. The number of nitrogens with one attached hydrogen (secondary N) is 1. The second kappa shape index (κ2) is 7.12. The normalized spacial score (nSPS) is 20.8. The average molecular weight is 322 g/mol. The molecule has 7 nitrogen and oxygen atoms in total. The maximum Gasteiger partial charge on any atom is 0.222 e. The summed E-state index contributed by atoms with van der Waals surface area (Å²) in [6.07, 6.45) is 3.72. The fraction of sp³-hybridized carbons (Fsp3) is 0.688. The van der Waals surface area contributed by atoms with Gasteiger partial charge in [-0.1, -0.05) is 0 Å². The number of rotatable bonds is 6. The van der Waals surface area contributed by atoms with Crippen molar-refractivity contribution in [1.82, 2.24) is 20.0 Å². The number of carbonyl (C=O) groups is 2. The van der Waals surface area contributed by atoms with Crippen LogP contribution in [-0.4, -0.2) is 52.3 Å². The second-order valence-corrected chi connectivity index (χ2v) is 6.26. The Bertz CT molecular complexity index is 584. The van der Waals surface area contributed by atoms with Crippen molar-refractivity contribution < 1.29 is 14.3 Å². The van der Waals surface area contributed by atoms with Gasteiger partial charge in [-0.25, -0.2) is 0 Å². The molecular weight excluding hydrogens is 296 g/mol. The zero-order valence-corrected chi connectivity index (χ0v) is 14.4. The molecule has 1 aromatic heterocycles. The zero-order valence-electron chi connectivity index (χ0n) is 14.4. The highest BCUT2D eigenvalue weighted by atomic mass is 16.5. The molecule has 0 aromatic carbocycles. The van der Waals surface area contributed by atoms with E-state index >= 15 is 0 Å². The fourth-order valence-corrected chi connectivity index (χ4v) is 3.36. The summed E-state index contributed by atoms with van der Waals surface area (Å²) < 4.78 is 7.09. The molecule has 0 aliphatic carbocycles. The largest absolute Gasteiger partial charge is 0.382 e. The van der Waals surface area contributed by atoms with E-state index in [-0.39, 0.29) is 18.2 Å². The van der Waals surface area contributed by atoms with Crippen molar-refractivity contribution in [3.63, 3.8) is 0 Å². The molecule has 1 saturated heterocycles. The van der Waals surface area contributed by atoms with E-state index in [0.717, 1.165) is 24.1 Å². The summed E-state index contributed by atoms with van der Waals surface area (Å²) in [6, 6.07) is 0. The predicted octanol–water partition coefficient (Wildman–Crippen LogP) is 0.762. The number of methoxy groups -OCH3 is 1. The summed E-state index contributed by atoms with van der Waals surface area (Å²) in [6.45, 7) is 5.03. The highest BCUT2D eigenvalue weighted by molar-refractivity contribution is 5.80. The lowest BCUT2D eigenvalue weighted by Crippen LogP contribution is -2.52. The van der Waals surface area contributed by atoms with E-state index < -0.39 is 5.54 Å². The van der Waals surface area contributed by atoms with Crippen LogP contribution in [0.3, 0.4) is 0 Å². The van der Waals surface area contributed by atoms with Gasteiger partial charge in [0.05, 0.1) is 24.8 Å². The standard InChI is InChI=1S/C16H26N4O3/c1-12-14(10-18-19(12)3)9-17-15(22)8-16(11-23-4)6-5-7-20(16)13(2)21/h10H,5-9,11H2,1-4H3,(H,17,22)/t16-/m1/s1. The molecule has 0 spiro atoms. The van der Waals surface area contributed by atoms with Gasteiger partial charge in [0.2, 0.25) is 11.8 Å². The Kier molecular flexibility index (Phi) is 5.41. The van der Waals surface area contributed by atoms with Crippen molar-refractivity contribution in [2.24, 2.45) is 7.05 Å². The molecule has 2 heterocycles. The van der Waals surface area contributed by atoms with Crippen LogP contribution >= 0.6 is 0 Å². The first-order valence-corrected chi connectivity index (χ1v) is 7.91. The summed E-state index contributed by atoms with van der Waals surface area (Å²) in [5.74, 6) is -0.0751. The minimum absolute atomic E-state index is 0.00421. The number of nitrogens with zero attached hydrogens (tertiary/aromatic N) is 3. The number of amides is 2. The van der Waals surface area contributed by atoms with E-state index in [1.165, 1.54) is 0 Å². The monoisotopic (exact) mass is 322 g/mol. The molecule has 2 amide bonds. The fourth-order valence-electron chi connectivity index (χ4n) is 3.36. The molecule has 1 fully saturated rings. The van der Waals surface area contributed by atoms with Crippen LogP contribution in [0.1, 0.15) is 37.4 Å². The Labute approximate surface area is 137 Å². The lowest BCUT2D eigenvalue weighted by atomic mass is 9.92. The number of aryl methyl sites for hydroxylation is 1. The summed E-state index contributed by atoms with van der Waals surface area (Å²) in [5.41, 5.74) is 1.51. The Morgan fingerprint density at radius 3 is 2.78 bits per heavy atom. The summed E-state index contributed by atoms with van der Waals surface area (Å²) in [7, 11) is 3.48. The number of ether oxygens (including phenoxy) is 1. The lowest BCUT2D eigenvalue weighted by molar-refractivity contribution is -0.137. The average Bonchev–Trinajstić information content (AvgIpc) is 3.03. The topological polar surface area (TPSA) is 76.5 Å². The van der Waals surface area contributed by atoms with E-state index in [0.29, 0.717) is 19.7 Å². The third-order valence-electron chi connectivity index (χ3n) is 4.69. The van der Waals surface area contributed by atoms with Gasteiger partial charge < -0.3 is 15.0 Å². The van der Waals surface area contributed by atoms with Crippen LogP contribution in [0.4, 0.5) is 0 Å². The Balaban J connectivity index is 2.01. The summed E-state index contributed by atoms with van der Waals surface area (Å²) in [4.78, 5) is 26.1. The molecule has 7 heteroatoms. The van der Waals surface area contributed by atoms with Gasteiger partial charge in [0.25, 0.3) is 0 Å². The van der Waals surface area contributed by atoms with Gasteiger partial charge in [-0.3, -0.25) is 14.3 Å². The predicted molar refractivity (Wildman–Crippen MR) is 85.6 cm³/mol. The van der Waals surface area contributed by atoms with Gasteiger partial charge in [-0.2, -0.15) is 5.10 Å². The van der Waals surface area contributed by atoms with Crippen molar-refractivity contribution in [3.8, 4) is 0 Å². The molecule has 1 aliphatic rings. The minimum atomic E-state index is -0.519. The van der Waals surface area contributed by atoms with Gasteiger partial charge in [0, 0.05) is 45.4 Å². The zero-order chi connectivity index (χ0) is 17.0. The van der Waals surface area contributed by atoms with Gasteiger partial charge in [0.15, 0.2) is 0 Å². The van der Waals surface area contributed by atoms with Gasteiger partial charge in [-0.15, -0.1) is 0 Å². The first-order valence-electron chi connectivity index (χ1n) is 7.91. The molecule has 1 aliphatic heterocycles. The van der Waals surface area contributed by atoms with Gasteiger partial charge in [0.1, 0.15) is 0 Å². The quantitative estimate of drug-likeness (QED) is 0.839. The van der Waals surface area contributed by atoms with Gasteiger partial charge >= 0.3 is 0 Å². The van der Waals surface area contributed by atoms with Crippen LogP contribution in [0.25, 0.3) is 0 Å². The highest BCUT2D eigenvalue weighted by Gasteiger charge is 2.44. The minimum Gasteiger partial charge on any atom is -0.382 e. The maximum absolute atomic E-state index is 12.4. The van der Waals surface area contributed by atoms with Crippen LogP contribution in [0.5, 0.6) is 0 Å². The molecule has 2 rings (SSSR count). The maximum atomic E-state index is 12.4. The number of hydrogen-bond acceptors (Lipinski definition) is 4. The smallest absolute Gasteiger partial charge is 0.222 e. The first-order chi connectivity index (χ1) is 10.9. The van der Waals surface area contributed by atoms with E-state index in [1.54, 1.807) is 29.8 Å². The van der Waals surface area contributed by atoms with Crippen molar-refractivity contribution in [1.29, 1.82) is 0 Å². The molecule has 1 atom stereocenters. The second-order valence-electron chi connectivity index (χ2n) is 6.26. The van der Waals surface area contributed by atoms with Gasteiger partial charge in [-0.05, 0) is 19.8 Å². The highest BCUT2D eigenvalue weighted by Crippen LogP contribution is 2.33. The number of carbonyl (C=O) groups excluding carboxylic acids is 2. The molecular formula is C16H26N4O3. The van der Waals surface area contributed by atoms with Crippen LogP contribution in [0.2, 0.25) is 0 Å². The van der Waals surface area contributed by atoms with Crippen molar-refractivity contribution in [3.05, 3.63) is 17.5 Å².